The van der Waals surface area contributed by atoms with E-state index in [2.05, 4.69) is 10.1 Å². The van der Waals surface area contributed by atoms with Crippen LogP contribution in [0.1, 0.15) is 22.3 Å². The van der Waals surface area contributed by atoms with E-state index in [1.54, 1.807) is 0 Å². The predicted octanol–water partition coefficient (Wildman–Crippen LogP) is -0.901. The van der Waals surface area contributed by atoms with Crippen molar-refractivity contribution >= 4 is 21.9 Å². The normalized spacial score (nSPS) is 16.0. The van der Waals surface area contributed by atoms with Crippen molar-refractivity contribution in [2.75, 3.05) is 46.4 Å². The Bertz CT molecular complexity index is 833. The zero-order valence-electron chi connectivity index (χ0n) is 17.2. The molecule has 1 aromatic carbocycles. The number of aryl methyl sites for hydroxylation is 2. The van der Waals surface area contributed by atoms with Gasteiger partial charge in [0.2, 0.25) is 10.0 Å². The number of carbonyl (C=O) groups excluding carboxylic acids is 2. The van der Waals surface area contributed by atoms with Crippen LogP contribution in [0.25, 0.3) is 0 Å². The third-order valence-electron chi connectivity index (χ3n) is 5.39. The topological polar surface area (TPSA) is 97.2 Å². The number of carbonyl (C=O) groups is 2. The van der Waals surface area contributed by atoms with Gasteiger partial charge in [-0.25, -0.2) is 8.42 Å². The van der Waals surface area contributed by atoms with E-state index in [0.29, 0.717) is 31.1 Å². The molecule has 8 nitrogen and oxygen atoms in total. The number of piperazine rings is 1. The number of amides is 1. The van der Waals surface area contributed by atoms with E-state index in [9.17, 15) is 18.0 Å². The number of hydrogen-bond donors (Lipinski definition) is 2. The summed E-state index contributed by atoms with van der Waals surface area (Å²) < 4.78 is 32.5. The average molecular weight is 413 g/mol. The number of quaternary nitrogens is 1. The van der Waals surface area contributed by atoms with Crippen molar-refractivity contribution in [2.24, 2.45) is 0 Å². The Morgan fingerprint density at radius 3 is 2.14 bits per heavy atom. The van der Waals surface area contributed by atoms with Crippen molar-refractivity contribution < 1.29 is 27.6 Å². The van der Waals surface area contributed by atoms with E-state index in [-0.39, 0.29) is 19.0 Å². The Balaban J connectivity index is 2.03. The maximum atomic E-state index is 13.3. The van der Waals surface area contributed by atoms with E-state index in [4.69, 9.17) is 0 Å². The van der Waals surface area contributed by atoms with E-state index in [1.165, 1.54) is 11.4 Å². The van der Waals surface area contributed by atoms with Crippen LogP contribution in [-0.2, 0) is 24.3 Å². The molecule has 1 saturated heterocycles. The largest absolute Gasteiger partial charge is 0.468 e. The lowest BCUT2D eigenvalue weighted by atomic mass is 10.0. The first-order valence-corrected chi connectivity index (χ1v) is 10.8. The van der Waals surface area contributed by atoms with Gasteiger partial charge in [0.05, 0.1) is 38.2 Å². The molecule has 156 valence electrons. The molecule has 0 aliphatic carbocycles. The van der Waals surface area contributed by atoms with Crippen LogP contribution >= 0.6 is 0 Å². The standard InChI is InChI=1S/C19H29N3O5S/c1-13-10-14(2)16(4)19(15(13)3)28(25,26)22-8-6-21(7-9-22)12-17(23)20-11-18(24)27-5/h10H,6-9,11-12H2,1-5H3,(H,20,23)/p+1. The molecule has 1 amide bonds. The highest BCUT2D eigenvalue weighted by molar-refractivity contribution is 7.89. The molecule has 28 heavy (non-hydrogen) atoms. The molecule has 0 atom stereocenters. The van der Waals surface area contributed by atoms with Gasteiger partial charge in [-0.3, -0.25) is 9.59 Å². The van der Waals surface area contributed by atoms with Crippen LogP contribution < -0.4 is 10.2 Å². The molecule has 0 bridgehead atoms. The second-order valence-corrected chi connectivity index (χ2v) is 9.15. The summed E-state index contributed by atoms with van der Waals surface area (Å²) in [5.74, 6) is -0.754. The van der Waals surface area contributed by atoms with Gasteiger partial charge in [-0.05, 0) is 49.9 Å². The molecule has 0 saturated carbocycles. The highest BCUT2D eigenvalue weighted by Crippen LogP contribution is 2.28. The molecule has 0 spiro atoms. The van der Waals surface area contributed by atoms with Gasteiger partial charge < -0.3 is 15.0 Å². The van der Waals surface area contributed by atoms with Gasteiger partial charge in [0, 0.05) is 0 Å². The summed E-state index contributed by atoms with van der Waals surface area (Å²) in [4.78, 5) is 24.4. The van der Waals surface area contributed by atoms with Gasteiger partial charge in [-0.2, -0.15) is 4.31 Å². The lowest BCUT2D eigenvalue weighted by molar-refractivity contribution is -0.895. The number of ether oxygens (including phenoxy) is 1. The van der Waals surface area contributed by atoms with Gasteiger partial charge in [-0.15, -0.1) is 0 Å². The molecule has 1 heterocycles. The van der Waals surface area contributed by atoms with E-state index in [0.717, 1.165) is 27.2 Å². The Labute approximate surface area is 166 Å². The van der Waals surface area contributed by atoms with Crippen molar-refractivity contribution in [3.05, 3.63) is 28.3 Å². The lowest BCUT2D eigenvalue weighted by Crippen LogP contribution is -3.15. The molecule has 9 heteroatoms. The summed E-state index contributed by atoms with van der Waals surface area (Å²) in [6.07, 6.45) is 0. The molecule has 0 radical (unpaired) electrons. The molecular formula is C19H30N3O5S+. The minimum Gasteiger partial charge on any atom is -0.468 e. The molecule has 2 N–H and O–H groups in total. The quantitative estimate of drug-likeness (QED) is 0.590. The number of nitrogens with one attached hydrogen (secondary N) is 2. The fourth-order valence-corrected chi connectivity index (χ4v) is 5.47. The van der Waals surface area contributed by atoms with Crippen molar-refractivity contribution in [3.8, 4) is 0 Å². The van der Waals surface area contributed by atoms with Crippen molar-refractivity contribution in [1.82, 2.24) is 9.62 Å². The minimum atomic E-state index is -3.59. The highest BCUT2D eigenvalue weighted by Gasteiger charge is 2.33. The third-order valence-corrected chi connectivity index (χ3v) is 7.57. The molecule has 1 aliphatic rings. The second-order valence-electron chi connectivity index (χ2n) is 7.27. The third kappa shape index (κ3) is 4.89. The average Bonchev–Trinajstić information content (AvgIpc) is 2.65. The predicted molar refractivity (Wildman–Crippen MR) is 105 cm³/mol. The van der Waals surface area contributed by atoms with E-state index < -0.39 is 16.0 Å². The zero-order valence-corrected chi connectivity index (χ0v) is 18.0. The van der Waals surface area contributed by atoms with Crippen LogP contribution in [-0.4, -0.2) is 71.0 Å². The number of benzene rings is 1. The lowest BCUT2D eigenvalue weighted by Gasteiger charge is -2.32. The smallest absolute Gasteiger partial charge is 0.325 e. The fraction of sp³-hybridized carbons (Fsp3) is 0.579. The Morgan fingerprint density at radius 2 is 1.64 bits per heavy atom. The summed E-state index contributed by atoms with van der Waals surface area (Å²) in [6, 6.07) is 2.01. The molecule has 1 fully saturated rings. The molecule has 2 rings (SSSR count). The Hall–Kier alpha value is -1.97. The summed E-state index contributed by atoms with van der Waals surface area (Å²) in [6.45, 7) is 9.37. The number of methoxy groups -OCH3 is 1. The summed E-state index contributed by atoms with van der Waals surface area (Å²) in [5, 5.41) is 2.51. The van der Waals surface area contributed by atoms with Crippen LogP contribution in [0.15, 0.2) is 11.0 Å². The van der Waals surface area contributed by atoms with Gasteiger partial charge >= 0.3 is 5.97 Å². The van der Waals surface area contributed by atoms with E-state index >= 15 is 0 Å². The van der Waals surface area contributed by atoms with Crippen LogP contribution in [0, 0.1) is 27.7 Å². The number of hydrogen-bond acceptors (Lipinski definition) is 5. The minimum absolute atomic E-state index is 0.158. The summed E-state index contributed by atoms with van der Waals surface area (Å²) in [5.41, 5.74) is 3.52. The fourth-order valence-electron chi connectivity index (χ4n) is 3.45. The number of nitrogens with zero attached hydrogens (tertiary/aromatic N) is 1. The van der Waals surface area contributed by atoms with Crippen LogP contribution in [0.5, 0.6) is 0 Å². The first-order chi connectivity index (χ1) is 13.1. The van der Waals surface area contributed by atoms with Crippen LogP contribution in [0.2, 0.25) is 0 Å². The first kappa shape index (κ1) is 22.3. The maximum Gasteiger partial charge on any atom is 0.325 e. The Morgan fingerprint density at radius 1 is 1.11 bits per heavy atom. The zero-order chi connectivity index (χ0) is 21.1. The van der Waals surface area contributed by atoms with Gasteiger partial charge in [0.25, 0.3) is 5.91 Å². The van der Waals surface area contributed by atoms with Gasteiger partial charge in [0.15, 0.2) is 6.54 Å². The van der Waals surface area contributed by atoms with Crippen LogP contribution in [0.4, 0.5) is 0 Å². The monoisotopic (exact) mass is 412 g/mol. The maximum absolute atomic E-state index is 13.3. The number of sulfonamides is 1. The SMILES string of the molecule is COC(=O)CNC(=O)C[NH+]1CCN(S(=O)(=O)c2c(C)c(C)cc(C)c2C)CC1. The first-order valence-electron chi connectivity index (χ1n) is 9.32. The highest BCUT2D eigenvalue weighted by atomic mass is 32.2. The Kier molecular flexibility index (Phi) is 7.19. The number of esters is 1. The van der Waals surface area contributed by atoms with Gasteiger partial charge in [-0.1, -0.05) is 6.07 Å². The van der Waals surface area contributed by atoms with Crippen molar-refractivity contribution in [1.29, 1.82) is 0 Å². The van der Waals surface area contributed by atoms with Crippen molar-refractivity contribution in [2.45, 2.75) is 32.6 Å². The van der Waals surface area contributed by atoms with Gasteiger partial charge in [0.1, 0.15) is 6.54 Å². The van der Waals surface area contributed by atoms with E-state index in [1.807, 2.05) is 33.8 Å². The molecule has 1 aromatic rings. The summed E-state index contributed by atoms with van der Waals surface area (Å²) >= 11 is 0. The number of rotatable bonds is 6. The second kappa shape index (κ2) is 9.02. The molecule has 0 aromatic heterocycles. The molecule has 1 aliphatic heterocycles. The molecular weight excluding hydrogens is 382 g/mol. The molecule has 0 unspecified atom stereocenters. The summed E-state index contributed by atoms with van der Waals surface area (Å²) in [7, 11) is -2.32. The van der Waals surface area contributed by atoms with Crippen molar-refractivity contribution in [3.63, 3.8) is 0 Å². The van der Waals surface area contributed by atoms with Crippen LogP contribution in [0.3, 0.4) is 0 Å².